The fourth-order valence-electron chi connectivity index (χ4n) is 0.879. The molecule has 0 saturated heterocycles. The summed E-state index contributed by atoms with van der Waals surface area (Å²) in [6.07, 6.45) is 8.94. The molecule has 1 aliphatic rings. The first-order valence-corrected chi connectivity index (χ1v) is 4.66. The first-order chi connectivity index (χ1) is 6.39. The highest BCUT2D eigenvalue weighted by atomic mass is 32.1. The fraction of sp³-hybridized carbons (Fsp3) is 0.0833. The number of thiocarbonyl (C=S) groups is 1. The van der Waals surface area contributed by atoms with Crippen molar-refractivity contribution in [3.63, 3.8) is 0 Å². The molecule has 1 aliphatic carbocycles. The van der Waals surface area contributed by atoms with Crippen LogP contribution in [0.15, 0.2) is 60.7 Å². The summed E-state index contributed by atoms with van der Waals surface area (Å²) in [5.74, 6) is 0. The second kappa shape index (κ2) is 6.32. The first kappa shape index (κ1) is 9.87. The van der Waals surface area contributed by atoms with Gasteiger partial charge in [0.1, 0.15) is 0 Å². The largest absolute Gasteiger partial charge is 0.0846 e. The number of benzene rings is 1. The number of hydrogen-bond acceptors (Lipinski definition) is 1. The quantitative estimate of drug-likeness (QED) is 0.561. The van der Waals surface area contributed by atoms with Crippen LogP contribution in [0.25, 0.3) is 0 Å². The summed E-state index contributed by atoms with van der Waals surface area (Å²) in [4.78, 5) is 1.03. The van der Waals surface area contributed by atoms with Crippen molar-refractivity contribution in [3.8, 4) is 0 Å². The summed E-state index contributed by atoms with van der Waals surface area (Å²) in [5.41, 5.74) is 0. The molecule has 0 spiro atoms. The van der Waals surface area contributed by atoms with Crippen molar-refractivity contribution in [2.45, 2.75) is 6.42 Å². The van der Waals surface area contributed by atoms with Crippen molar-refractivity contribution in [1.82, 2.24) is 0 Å². The third kappa shape index (κ3) is 5.10. The van der Waals surface area contributed by atoms with Crippen LogP contribution in [-0.2, 0) is 0 Å². The third-order valence-electron chi connectivity index (χ3n) is 1.52. The van der Waals surface area contributed by atoms with Gasteiger partial charge in [0.15, 0.2) is 0 Å². The van der Waals surface area contributed by atoms with Crippen LogP contribution in [-0.4, -0.2) is 4.86 Å². The third-order valence-corrected chi connectivity index (χ3v) is 1.82. The Morgan fingerprint density at radius 3 is 1.62 bits per heavy atom. The molecule has 1 aromatic carbocycles. The molecule has 0 atom stereocenters. The number of hydrogen-bond donors (Lipinski definition) is 0. The Kier molecular flexibility index (Phi) is 4.80. The molecule has 0 nitrogen and oxygen atoms in total. The normalized spacial score (nSPS) is 13.4. The van der Waals surface area contributed by atoms with Gasteiger partial charge in [-0.3, -0.25) is 0 Å². The van der Waals surface area contributed by atoms with Crippen LogP contribution in [0.1, 0.15) is 6.42 Å². The smallest absolute Gasteiger partial charge is 0.0190 e. The maximum atomic E-state index is 4.87. The molecule has 0 aliphatic heterocycles. The van der Waals surface area contributed by atoms with Crippen molar-refractivity contribution >= 4 is 17.1 Å². The van der Waals surface area contributed by atoms with E-state index in [4.69, 9.17) is 12.2 Å². The maximum absolute atomic E-state index is 4.87. The van der Waals surface area contributed by atoms with Crippen LogP contribution in [0, 0.1) is 0 Å². The van der Waals surface area contributed by atoms with Crippen molar-refractivity contribution in [1.29, 1.82) is 0 Å². The van der Waals surface area contributed by atoms with Gasteiger partial charge in [-0.1, -0.05) is 66.8 Å². The number of rotatable bonds is 0. The molecule has 0 bridgehead atoms. The van der Waals surface area contributed by atoms with Crippen molar-refractivity contribution in [2.24, 2.45) is 0 Å². The minimum atomic E-state index is 0.950. The Morgan fingerprint density at radius 2 is 1.38 bits per heavy atom. The van der Waals surface area contributed by atoms with Crippen LogP contribution in [0.2, 0.25) is 0 Å². The van der Waals surface area contributed by atoms with E-state index in [1.165, 1.54) is 0 Å². The second-order valence-electron chi connectivity index (χ2n) is 2.61. The molecule has 13 heavy (non-hydrogen) atoms. The van der Waals surface area contributed by atoms with E-state index in [9.17, 15) is 0 Å². The van der Waals surface area contributed by atoms with E-state index >= 15 is 0 Å². The molecule has 0 fully saturated rings. The Morgan fingerprint density at radius 1 is 0.846 bits per heavy atom. The molecule has 0 heterocycles. The van der Waals surface area contributed by atoms with Gasteiger partial charge in [0.05, 0.1) is 0 Å². The lowest BCUT2D eigenvalue weighted by atomic mass is 10.2. The zero-order chi connectivity index (χ0) is 9.36. The molecule has 0 amide bonds. The summed E-state index contributed by atoms with van der Waals surface area (Å²) in [7, 11) is 0. The van der Waals surface area contributed by atoms with Gasteiger partial charge in [0.25, 0.3) is 0 Å². The van der Waals surface area contributed by atoms with E-state index < -0.39 is 0 Å². The van der Waals surface area contributed by atoms with Crippen molar-refractivity contribution < 1.29 is 0 Å². The molecule has 66 valence electrons. The molecule has 2 rings (SSSR count). The molecule has 0 radical (unpaired) electrons. The molecule has 0 aromatic heterocycles. The predicted octanol–water partition coefficient (Wildman–Crippen LogP) is 3.56. The van der Waals surface area contributed by atoms with Crippen LogP contribution in [0.3, 0.4) is 0 Å². The van der Waals surface area contributed by atoms with E-state index in [2.05, 4.69) is 6.08 Å². The van der Waals surface area contributed by atoms with Gasteiger partial charge in [0.2, 0.25) is 0 Å². The molecule has 0 saturated carbocycles. The van der Waals surface area contributed by atoms with Crippen LogP contribution >= 0.6 is 12.2 Å². The van der Waals surface area contributed by atoms with Crippen molar-refractivity contribution in [3.05, 3.63) is 60.7 Å². The zero-order valence-corrected chi connectivity index (χ0v) is 8.21. The van der Waals surface area contributed by atoms with Gasteiger partial charge in [0, 0.05) is 11.3 Å². The Hall–Kier alpha value is -1.21. The molecule has 0 unspecified atom stereocenters. The Bertz CT molecular complexity index is 269. The van der Waals surface area contributed by atoms with Crippen LogP contribution < -0.4 is 0 Å². The Labute approximate surface area is 84.6 Å². The van der Waals surface area contributed by atoms with E-state index in [0.717, 1.165) is 11.3 Å². The highest BCUT2D eigenvalue weighted by Gasteiger charge is 1.87. The lowest BCUT2D eigenvalue weighted by Crippen LogP contribution is -1.86. The summed E-state index contributed by atoms with van der Waals surface area (Å²) in [5, 5.41) is 0. The van der Waals surface area contributed by atoms with E-state index in [0.29, 0.717) is 0 Å². The number of allylic oxidation sites excluding steroid dienone is 4. The predicted molar refractivity (Wildman–Crippen MR) is 61.9 cm³/mol. The van der Waals surface area contributed by atoms with E-state index in [1.807, 2.05) is 54.6 Å². The molecule has 1 heteroatoms. The Balaban J connectivity index is 0.000000132. The molecular formula is C12H12S. The minimum absolute atomic E-state index is 0.950. The van der Waals surface area contributed by atoms with Gasteiger partial charge in [-0.05, 0) is 6.08 Å². The summed E-state index contributed by atoms with van der Waals surface area (Å²) in [6, 6.07) is 12.0. The van der Waals surface area contributed by atoms with Gasteiger partial charge in [-0.25, -0.2) is 0 Å². The zero-order valence-electron chi connectivity index (χ0n) is 7.39. The fourth-order valence-corrected chi connectivity index (χ4v) is 1.05. The standard InChI is InChI=1S/C6H6S.C6H6/c7-6-4-2-1-3-5-6;1-2-4-6-5-3-1/h1-4H,5H2;1-6H. The lowest BCUT2D eigenvalue weighted by molar-refractivity contribution is 1.50. The topological polar surface area (TPSA) is 0 Å². The average Bonchev–Trinajstić information content (AvgIpc) is 2.22. The summed E-state index contributed by atoms with van der Waals surface area (Å²) in [6.45, 7) is 0. The van der Waals surface area contributed by atoms with Crippen LogP contribution in [0.4, 0.5) is 0 Å². The monoisotopic (exact) mass is 188 g/mol. The lowest BCUT2D eigenvalue weighted by Gasteiger charge is -1.92. The maximum Gasteiger partial charge on any atom is 0.0190 e. The van der Waals surface area contributed by atoms with Gasteiger partial charge < -0.3 is 0 Å². The van der Waals surface area contributed by atoms with E-state index in [-0.39, 0.29) is 0 Å². The van der Waals surface area contributed by atoms with Crippen molar-refractivity contribution in [2.75, 3.05) is 0 Å². The van der Waals surface area contributed by atoms with E-state index in [1.54, 1.807) is 0 Å². The SMILES string of the molecule is S=C1C=CC=CC1.c1ccccc1. The molecular weight excluding hydrogens is 176 g/mol. The van der Waals surface area contributed by atoms with Gasteiger partial charge in [-0.15, -0.1) is 0 Å². The van der Waals surface area contributed by atoms with Crippen LogP contribution in [0.5, 0.6) is 0 Å². The summed E-state index contributed by atoms with van der Waals surface area (Å²) >= 11 is 4.87. The first-order valence-electron chi connectivity index (χ1n) is 4.25. The highest BCUT2D eigenvalue weighted by Crippen LogP contribution is 1.97. The minimum Gasteiger partial charge on any atom is -0.0846 e. The van der Waals surface area contributed by atoms with Gasteiger partial charge in [-0.2, -0.15) is 0 Å². The average molecular weight is 188 g/mol. The van der Waals surface area contributed by atoms with Gasteiger partial charge >= 0.3 is 0 Å². The molecule has 1 aromatic rings. The second-order valence-corrected chi connectivity index (χ2v) is 3.14. The summed E-state index contributed by atoms with van der Waals surface area (Å²) < 4.78 is 0. The molecule has 0 N–H and O–H groups in total. The highest BCUT2D eigenvalue weighted by molar-refractivity contribution is 7.80.